The minimum Gasteiger partial charge on any atom is -0.462 e. The molecule has 0 spiro atoms. The van der Waals surface area contributed by atoms with Crippen LogP contribution in [0.25, 0.3) is 0 Å². The van der Waals surface area contributed by atoms with Gasteiger partial charge in [-0.25, -0.2) is 0 Å². The topological polar surface area (TPSA) is 78.9 Å². The van der Waals surface area contributed by atoms with E-state index in [4.69, 9.17) is 14.2 Å². The van der Waals surface area contributed by atoms with Gasteiger partial charge in [-0.15, -0.1) is 0 Å². The quantitative estimate of drug-likeness (QED) is 0.0266. The molecule has 6 nitrogen and oxygen atoms in total. The van der Waals surface area contributed by atoms with Gasteiger partial charge < -0.3 is 14.2 Å². The molecule has 1 atom stereocenters. The molecule has 0 aliphatic rings. The summed E-state index contributed by atoms with van der Waals surface area (Å²) in [7, 11) is 0. The van der Waals surface area contributed by atoms with Crippen molar-refractivity contribution in [1.82, 2.24) is 0 Å². The summed E-state index contributed by atoms with van der Waals surface area (Å²) in [6.07, 6.45) is 48.7. The Hall–Kier alpha value is -2.11. The van der Waals surface area contributed by atoms with E-state index in [0.29, 0.717) is 19.3 Å². The average molecular weight is 775 g/mol. The molecule has 0 aromatic carbocycles. The van der Waals surface area contributed by atoms with Crippen molar-refractivity contribution in [2.75, 3.05) is 13.2 Å². The Labute approximate surface area is 341 Å². The van der Waals surface area contributed by atoms with E-state index in [1.54, 1.807) is 0 Å². The molecule has 0 fully saturated rings. The van der Waals surface area contributed by atoms with Gasteiger partial charge in [-0.1, -0.05) is 212 Å². The van der Waals surface area contributed by atoms with Crippen molar-refractivity contribution >= 4 is 17.9 Å². The molecule has 0 saturated carbocycles. The molecule has 0 rings (SSSR count). The zero-order chi connectivity index (χ0) is 40.1. The number of rotatable bonds is 43. The molecule has 0 heterocycles. The maximum Gasteiger partial charge on any atom is 0.306 e. The van der Waals surface area contributed by atoms with Crippen LogP contribution in [0.1, 0.15) is 252 Å². The van der Waals surface area contributed by atoms with E-state index in [-0.39, 0.29) is 31.1 Å². The third-order valence-electron chi connectivity index (χ3n) is 10.5. The van der Waals surface area contributed by atoms with Gasteiger partial charge in [0.1, 0.15) is 13.2 Å². The summed E-state index contributed by atoms with van der Waals surface area (Å²) in [5.74, 6) is -0.871. The van der Waals surface area contributed by atoms with E-state index in [2.05, 4.69) is 45.1 Å². The maximum absolute atomic E-state index is 12.7. The first-order valence-electron chi connectivity index (χ1n) is 23.8. The second kappa shape index (κ2) is 44.6. The molecule has 322 valence electrons. The SMILES string of the molecule is CC/C=C\C/C=C\CCCCCCCCCC(=O)OCC(COC(=O)CCCCCCCCCCCC)OC(=O)CCCCCCCCCCCCCCC. The fourth-order valence-corrected chi connectivity index (χ4v) is 6.89. The Bertz CT molecular complexity index is 896. The molecule has 6 heteroatoms. The molecular formula is C49H90O6. The summed E-state index contributed by atoms with van der Waals surface area (Å²) in [6.45, 7) is 6.52. The van der Waals surface area contributed by atoms with Gasteiger partial charge >= 0.3 is 17.9 Å². The highest BCUT2D eigenvalue weighted by Crippen LogP contribution is 2.15. The lowest BCUT2D eigenvalue weighted by molar-refractivity contribution is -0.167. The zero-order valence-electron chi connectivity index (χ0n) is 36.7. The van der Waals surface area contributed by atoms with Crippen molar-refractivity contribution in [3.8, 4) is 0 Å². The van der Waals surface area contributed by atoms with Gasteiger partial charge in [0.05, 0.1) is 0 Å². The Balaban J connectivity index is 4.34. The molecule has 0 aliphatic carbocycles. The van der Waals surface area contributed by atoms with E-state index < -0.39 is 6.10 Å². The van der Waals surface area contributed by atoms with E-state index in [9.17, 15) is 14.4 Å². The van der Waals surface area contributed by atoms with E-state index in [0.717, 1.165) is 77.0 Å². The molecule has 0 amide bonds. The molecule has 0 N–H and O–H groups in total. The van der Waals surface area contributed by atoms with Crippen LogP contribution < -0.4 is 0 Å². The van der Waals surface area contributed by atoms with Crippen LogP contribution in [0.5, 0.6) is 0 Å². The first kappa shape index (κ1) is 52.9. The van der Waals surface area contributed by atoms with Crippen LogP contribution in [0.2, 0.25) is 0 Å². The molecule has 55 heavy (non-hydrogen) atoms. The number of unbranched alkanes of at least 4 members (excludes halogenated alkanes) is 28. The minimum atomic E-state index is -0.766. The molecule has 0 aliphatic heterocycles. The van der Waals surface area contributed by atoms with Gasteiger partial charge in [0.2, 0.25) is 0 Å². The summed E-state index contributed by atoms with van der Waals surface area (Å²) in [4.78, 5) is 37.8. The molecule has 0 radical (unpaired) electrons. The van der Waals surface area contributed by atoms with Crippen molar-refractivity contribution in [2.24, 2.45) is 0 Å². The van der Waals surface area contributed by atoms with E-state index in [1.165, 1.54) is 135 Å². The molecule has 0 saturated heterocycles. The molecule has 0 aromatic rings. The summed E-state index contributed by atoms with van der Waals surface area (Å²) >= 11 is 0. The summed E-state index contributed by atoms with van der Waals surface area (Å²) < 4.78 is 16.7. The van der Waals surface area contributed by atoms with Crippen molar-refractivity contribution in [3.05, 3.63) is 24.3 Å². The second-order valence-corrected chi connectivity index (χ2v) is 16.0. The average Bonchev–Trinajstić information content (AvgIpc) is 3.18. The number of carbonyl (C=O) groups is 3. The molecule has 1 unspecified atom stereocenters. The number of allylic oxidation sites excluding steroid dienone is 4. The third kappa shape index (κ3) is 42.9. The van der Waals surface area contributed by atoms with Gasteiger partial charge in [-0.3, -0.25) is 14.4 Å². The second-order valence-electron chi connectivity index (χ2n) is 16.0. The largest absolute Gasteiger partial charge is 0.462 e. The Morgan fingerprint density at radius 3 is 1.09 bits per heavy atom. The highest BCUT2D eigenvalue weighted by molar-refractivity contribution is 5.71. The van der Waals surface area contributed by atoms with Gasteiger partial charge in [0.15, 0.2) is 6.10 Å². The van der Waals surface area contributed by atoms with Crippen molar-refractivity contribution < 1.29 is 28.6 Å². The summed E-state index contributed by atoms with van der Waals surface area (Å²) in [5, 5.41) is 0. The van der Waals surface area contributed by atoms with Crippen LogP contribution in [0.15, 0.2) is 24.3 Å². The fraction of sp³-hybridized carbons (Fsp3) is 0.857. The van der Waals surface area contributed by atoms with Crippen molar-refractivity contribution in [3.63, 3.8) is 0 Å². The Morgan fingerprint density at radius 2 is 0.709 bits per heavy atom. The summed E-state index contributed by atoms with van der Waals surface area (Å²) in [6, 6.07) is 0. The molecular weight excluding hydrogens is 685 g/mol. The maximum atomic E-state index is 12.7. The first-order chi connectivity index (χ1) is 27.0. The van der Waals surface area contributed by atoms with Gasteiger partial charge in [0, 0.05) is 19.3 Å². The lowest BCUT2D eigenvalue weighted by Gasteiger charge is -2.18. The number of hydrogen-bond donors (Lipinski definition) is 0. The van der Waals surface area contributed by atoms with Gasteiger partial charge in [0.25, 0.3) is 0 Å². The van der Waals surface area contributed by atoms with Crippen molar-refractivity contribution in [2.45, 2.75) is 258 Å². The number of esters is 3. The number of carbonyl (C=O) groups excluding carboxylic acids is 3. The number of hydrogen-bond acceptors (Lipinski definition) is 6. The van der Waals surface area contributed by atoms with Crippen LogP contribution in [0.4, 0.5) is 0 Å². The summed E-state index contributed by atoms with van der Waals surface area (Å²) in [5.41, 5.74) is 0. The molecule has 0 bridgehead atoms. The predicted molar refractivity (Wildman–Crippen MR) is 233 cm³/mol. The van der Waals surface area contributed by atoms with E-state index >= 15 is 0 Å². The monoisotopic (exact) mass is 775 g/mol. The Kier molecular flexibility index (Phi) is 42.9. The molecule has 0 aromatic heterocycles. The fourth-order valence-electron chi connectivity index (χ4n) is 6.89. The van der Waals surface area contributed by atoms with Crippen LogP contribution in [-0.2, 0) is 28.6 Å². The lowest BCUT2D eigenvalue weighted by atomic mass is 10.0. The van der Waals surface area contributed by atoms with E-state index in [1.807, 2.05) is 0 Å². The normalized spacial score (nSPS) is 12.1. The van der Waals surface area contributed by atoms with Gasteiger partial charge in [-0.05, 0) is 44.9 Å². The van der Waals surface area contributed by atoms with Crippen LogP contribution in [0.3, 0.4) is 0 Å². The predicted octanol–water partition coefficient (Wildman–Crippen LogP) is 15.2. The highest BCUT2D eigenvalue weighted by Gasteiger charge is 2.19. The van der Waals surface area contributed by atoms with Crippen molar-refractivity contribution in [1.29, 1.82) is 0 Å². The van der Waals surface area contributed by atoms with Crippen LogP contribution in [0, 0.1) is 0 Å². The number of ether oxygens (including phenoxy) is 3. The van der Waals surface area contributed by atoms with Crippen LogP contribution >= 0.6 is 0 Å². The lowest BCUT2D eigenvalue weighted by Crippen LogP contribution is -2.30. The smallest absolute Gasteiger partial charge is 0.306 e. The Morgan fingerprint density at radius 1 is 0.382 bits per heavy atom. The first-order valence-corrected chi connectivity index (χ1v) is 23.8. The van der Waals surface area contributed by atoms with Crippen LogP contribution in [-0.4, -0.2) is 37.2 Å². The minimum absolute atomic E-state index is 0.0695. The standard InChI is InChI=1S/C49H90O6/c1-4-7-10-13-16-19-22-24-26-27-30-33-36-39-42-48(51)54-45-46(44-53-47(50)41-38-35-32-29-21-18-15-12-9-6-3)55-49(52)43-40-37-34-31-28-25-23-20-17-14-11-8-5-2/h7,10,16,19,46H,4-6,8-9,11-15,17-18,20-45H2,1-3H3/b10-7-,19-16-. The third-order valence-corrected chi connectivity index (χ3v) is 10.5. The highest BCUT2D eigenvalue weighted by atomic mass is 16.6. The zero-order valence-corrected chi connectivity index (χ0v) is 36.7. The van der Waals surface area contributed by atoms with Gasteiger partial charge in [-0.2, -0.15) is 0 Å².